The number of nitrogens with zero attached hydrogens (tertiary/aromatic N) is 5. The molecule has 10 heteroatoms. The Bertz CT molecular complexity index is 1400. The van der Waals surface area contributed by atoms with Gasteiger partial charge in [0.05, 0.1) is 27.6 Å². The van der Waals surface area contributed by atoms with E-state index in [1.54, 1.807) is 24.6 Å². The van der Waals surface area contributed by atoms with Crippen molar-refractivity contribution >= 4 is 5.65 Å². The molecule has 4 aromatic rings. The van der Waals surface area contributed by atoms with Crippen LogP contribution in [0.3, 0.4) is 0 Å². The molecule has 0 saturated heterocycles. The maximum atomic E-state index is 14.1. The molecule has 0 spiro atoms. The van der Waals surface area contributed by atoms with Crippen molar-refractivity contribution in [1.82, 2.24) is 19.2 Å². The first-order valence-electron chi connectivity index (χ1n) is 11.1. The first kappa shape index (κ1) is 24.3. The smallest absolute Gasteiger partial charge is 0.280 e. The van der Waals surface area contributed by atoms with Crippen molar-refractivity contribution in [2.75, 3.05) is 7.11 Å². The van der Waals surface area contributed by atoms with Crippen LogP contribution < -0.4 is 4.74 Å². The van der Waals surface area contributed by atoms with Crippen molar-refractivity contribution < 1.29 is 23.3 Å². The maximum absolute atomic E-state index is 14.1. The molecule has 0 fully saturated rings. The molecule has 4 rings (SSSR count). The molecular formula is C25H28F2N5O3+. The number of hydrogen-bond acceptors (Lipinski definition) is 5. The fourth-order valence-corrected chi connectivity index (χ4v) is 4.14. The molecule has 0 atom stereocenters. The van der Waals surface area contributed by atoms with Gasteiger partial charge in [0.2, 0.25) is 4.92 Å². The van der Waals surface area contributed by atoms with Crippen LogP contribution in [0.1, 0.15) is 36.4 Å². The zero-order valence-corrected chi connectivity index (χ0v) is 20.6. The molecule has 0 N–H and O–H groups in total. The Hall–Kier alpha value is -3.82. The van der Waals surface area contributed by atoms with Gasteiger partial charge in [0.25, 0.3) is 5.54 Å². The van der Waals surface area contributed by atoms with Crippen molar-refractivity contribution in [1.29, 1.82) is 0 Å². The first-order valence-corrected chi connectivity index (χ1v) is 11.1. The Labute approximate surface area is 201 Å². The molecule has 1 aromatic carbocycles. The fourth-order valence-electron chi connectivity index (χ4n) is 4.14. The number of halogens is 2. The molecular weight excluding hydrogens is 456 g/mol. The van der Waals surface area contributed by atoms with Gasteiger partial charge in [-0.05, 0) is 44.5 Å². The van der Waals surface area contributed by atoms with Crippen LogP contribution in [-0.4, -0.2) is 36.7 Å². The van der Waals surface area contributed by atoms with Crippen molar-refractivity contribution in [3.8, 4) is 17.0 Å². The number of hydrogen-bond donors (Lipinski definition) is 0. The second-order valence-corrected chi connectivity index (χ2v) is 9.19. The molecule has 0 unspecified atom stereocenters. The Morgan fingerprint density at radius 1 is 1.09 bits per heavy atom. The van der Waals surface area contributed by atoms with E-state index < -0.39 is 17.2 Å². The van der Waals surface area contributed by atoms with Gasteiger partial charge in [-0.25, -0.2) is 18.6 Å². The Kier molecular flexibility index (Phi) is 6.31. The third kappa shape index (κ3) is 4.60. The van der Waals surface area contributed by atoms with Crippen molar-refractivity contribution in [2.24, 2.45) is 0 Å². The summed E-state index contributed by atoms with van der Waals surface area (Å²) in [6.07, 6.45) is 3.79. The summed E-state index contributed by atoms with van der Waals surface area (Å²) >= 11 is 0. The zero-order valence-electron chi connectivity index (χ0n) is 20.6. The van der Waals surface area contributed by atoms with Crippen LogP contribution in [0.2, 0.25) is 0 Å². The van der Waals surface area contributed by atoms with E-state index in [4.69, 9.17) is 9.57 Å². The van der Waals surface area contributed by atoms with Crippen LogP contribution in [-0.2, 0) is 18.0 Å². The van der Waals surface area contributed by atoms with Crippen molar-refractivity contribution in [2.45, 2.75) is 53.3 Å². The third-order valence-electron chi connectivity index (χ3n) is 5.84. The van der Waals surface area contributed by atoms with Crippen LogP contribution in [0.4, 0.5) is 8.78 Å². The number of imidazole rings is 1. The molecule has 3 aromatic heterocycles. The number of benzene rings is 1. The third-order valence-corrected chi connectivity index (χ3v) is 5.84. The number of pyridine rings is 1. The number of aryl methyl sites for hydroxylation is 3. The van der Waals surface area contributed by atoms with E-state index in [-0.39, 0.29) is 12.2 Å². The molecule has 0 aliphatic heterocycles. The molecule has 0 saturated carbocycles. The SMILES string of the molecule is CO[N+](=O)C(C)(C)Cn1cc(-c2c(C)nc3c(OCc4c(F)cccc4F)cc(C)cn23)c(C)n1. The highest BCUT2D eigenvalue weighted by Crippen LogP contribution is 2.32. The number of rotatable bonds is 8. The van der Waals surface area contributed by atoms with E-state index in [1.807, 2.05) is 37.6 Å². The summed E-state index contributed by atoms with van der Waals surface area (Å²) in [6, 6.07) is 5.51. The predicted molar refractivity (Wildman–Crippen MR) is 126 cm³/mol. The highest BCUT2D eigenvalue weighted by atomic mass is 19.1. The fraction of sp³-hybridized carbons (Fsp3) is 0.360. The minimum absolute atomic E-state index is 0.140. The number of ether oxygens (including phenoxy) is 1. The summed E-state index contributed by atoms with van der Waals surface area (Å²) in [6.45, 7) is 9.25. The summed E-state index contributed by atoms with van der Waals surface area (Å²) in [5, 5.41) is 4.60. The van der Waals surface area contributed by atoms with E-state index in [1.165, 1.54) is 25.3 Å². The van der Waals surface area contributed by atoms with E-state index in [0.717, 1.165) is 28.2 Å². The minimum atomic E-state index is -0.835. The summed E-state index contributed by atoms with van der Waals surface area (Å²) in [5.41, 5.74) is 3.60. The quantitative estimate of drug-likeness (QED) is 0.326. The van der Waals surface area contributed by atoms with Gasteiger partial charge in [0.1, 0.15) is 24.8 Å². The van der Waals surface area contributed by atoms with E-state index in [9.17, 15) is 13.7 Å². The lowest BCUT2D eigenvalue weighted by Gasteiger charge is -2.12. The van der Waals surface area contributed by atoms with Gasteiger partial charge >= 0.3 is 0 Å². The summed E-state index contributed by atoms with van der Waals surface area (Å²) in [7, 11) is 1.33. The molecule has 0 amide bonds. The molecule has 35 heavy (non-hydrogen) atoms. The van der Waals surface area contributed by atoms with Crippen LogP contribution in [0.5, 0.6) is 5.75 Å². The Balaban J connectivity index is 1.73. The van der Waals surface area contributed by atoms with Gasteiger partial charge in [-0.1, -0.05) is 6.07 Å². The zero-order chi connectivity index (χ0) is 25.5. The second-order valence-electron chi connectivity index (χ2n) is 9.19. The molecule has 0 bridgehead atoms. The molecule has 0 aliphatic carbocycles. The van der Waals surface area contributed by atoms with E-state index >= 15 is 0 Å². The monoisotopic (exact) mass is 484 g/mol. The van der Waals surface area contributed by atoms with Crippen LogP contribution >= 0.6 is 0 Å². The Morgan fingerprint density at radius 2 is 1.77 bits per heavy atom. The van der Waals surface area contributed by atoms with Crippen molar-refractivity contribution in [3.05, 3.63) is 75.7 Å². The lowest BCUT2D eigenvalue weighted by molar-refractivity contribution is -0.843. The average molecular weight is 485 g/mol. The van der Waals surface area contributed by atoms with Gasteiger partial charge < -0.3 is 4.74 Å². The first-order chi connectivity index (χ1) is 16.5. The van der Waals surface area contributed by atoms with Crippen LogP contribution in [0.25, 0.3) is 16.9 Å². The van der Waals surface area contributed by atoms with Crippen molar-refractivity contribution in [3.63, 3.8) is 0 Å². The Morgan fingerprint density at radius 3 is 2.43 bits per heavy atom. The predicted octanol–water partition coefficient (Wildman–Crippen LogP) is 5.10. The van der Waals surface area contributed by atoms with Crippen LogP contribution in [0, 0.1) is 37.3 Å². The maximum Gasteiger partial charge on any atom is 0.280 e. The average Bonchev–Trinajstić information content (AvgIpc) is 3.29. The summed E-state index contributed by atoms with van der Waals surface area (Å²) < 4.78 is 37.6. The summed E-state index contributed by atoms with van der Waals surface area (Å²) in [5.74, 6) is -0.912. The number of fused-ring (bicyclic) bond motifs is 1. The summed E-state index contributed by atoms with van der Waals surface area (Å²) in [4.78, 5) is 22.1. The number of aromatic nitrogens is 4. The van der Waals surface area contributed by atoms with E-state index in [0.29, 0.717) is 22.9 Å². The normalized spacial score (nSPS) is 11.8. The van der Waals surface area contributed by atoms with Gasteiger partial charge in [0, 0.05) is 31.8 Å². The molecule has 3 heterocycles. The minimum Gasteiger partial charge on any atom is -0.485 e. The molecule has 0 radical (unpaired) electrons. The second kappa shape index (κ2) is 9.09. The van der Waals surface area contributed by atoms with Crippen LogP contribution in [0.15, 0.2) is 36.7 Å². The lowest BCUT2D eigenvalue weighted by Crippen LogP contribution is -2.38. The molecule has 184 valence electrons. The standard InChI is InChI=1S/C25H28F2N5O3/c1-15-10-22(35-13-19-20(26)8-7-9-21(19)27)24-28-17(3)23(31(24)11-15)18-12-30(29-16(18)2)14-25(4,5)32(33)34-6/h7-12H,13-14H2,1-6H3/q+1. The highest BCUT2D eigenvalue weighted by Gasteiger charge is 2.39. The molecule has 8 nitrogen and oxygen atoms in total. The largest absolute Gasteiger partial charge is 0.485 e. The van der Waals surface area contributed by atoms with Gasteiger partial charge in [-0.3, -0.25) is 9.08 Å². The highest BCUT2D eigenvalue weighted by molar-refractivity contribution is 5.71. The molecule has 0 aliphatic rings. The van der Waals surface area contributed by atoms with Gasteiger partial charge in [0.15, 0.2) is 18.5 Å². The topological polar surface area (TPSA) is 73.7 Å². The van der Waals surface area contributed by atoms with Gasteiger partial charge in [-0.2, -0.15) is 5.10 Å². The van der Waals surface area contributed by atoms with E-state index in [2.05, 4.69) is 10.1 Å². The lowest BCUT2D eigenvalue weighted by atomic mass is 10.1. The van der Waals surface area contributed by atoms with Gasteiger partial charge in [-0.15, -0.1) is 0 Å².